The van der Waals surface area contributed by atoms with Crippen molar-refractivity contribution in [3.63, 3.8) is 0 Å². The van der Waals surface area contributed by atoms with Crippen LogP contribution >= 0.6 is 12.6 Å². The Bertz CT molecular complexity index is 199. The van der Waals surface area contributed by atoms with Gasteiger partial charge in [-0.1, -0.05) is 6.92 Å². The molecule has 82 valence electrons. The van der Waals surface area contributed by atoms with Gasteiger partial charge in [-0.2, -0.15) is 12.6 Å². The van der Waals surface area contributed by atoms with Crippen molar-refractivity contribution in [2.75, 3.05) is 26.0 Å². The standard InChI is InChI=1S/C10H19NO2S/c1-8-3-5-11(7-9(8)13-2)10(12)4-6-14/h8-9,14H,3-7H2,1-2H3. The summed E-state index contributed by atoms with van der Waals surface area (Å²) in [5.41, 5.74) is 0. The fourth-order valence-electron chi connectivity index (χ4n) is 1.82. The number of ether oxygens (including phenoxy) is 1. The first-order valence-electron chi connectivity index (χ1n) is 5.10. The molecule has 1 saturated heterocycles. The van der Waals surface area contributed by atoms with Crippen LogP contribution in [0.4, 0.5) is 0 Å². The van der Waals surface area contributed by atoms with E-state index >= 15 is 0 Å². The molecule has 14 heavy (non-hydrogen) atoms. The molecule has 1 aliphatic heterocycles. The summed E-state index contributed by atoms with van der Waals surface area (Å²) in [4.78, 5) is 13.5. The summed E-state index contributed by atoms with van der Waals surface area (Å²) >= 11 is 4.06. The second kappa shape index (κ2) is 5.61. The summed E-state index contributed by atoms with van der Waals surface area (Å²) in [6, 6.07) is 0. The predicted octanol–water partition coefficient (Wildman–Crippen LogP) is 1.19. The third kappa shape index (κ3) is 2.89. The highest BCUT2D eigenvalue weighted by Crippen LogP contribution is 2.19. The average Bonchev–Trinajstić information content (AvgIpc) is 2.19. The van der Waals surface area contributed by atoms with Gasteiger partial charge in [-0.3, -0.25) is 4.79 Å². The summed E-state index contributed by atoms with van der Waals surface area (Å²) in [6.07, 6.45) is 1.78. The van der Waals surface area contributed by atoms with Crippen LogP contribution in [0, 0.1) is 5.92 Å². The Morgan fingerprint density at radius 3 is 2.93 bits per heavy atom. The minimum Gasteiger partial charge on any atom is -0.379 e. The Morgan fingerprint density at radius 2 is 2.36 bits per heavy atom. The molecule has 1 amide bonds. The number of nitrogens with zero attached hydrogens (tertiary/aromatic N) is 1. The molecule has 1 fully saturated rings. The highest BCUT2D eigenvalue weighted by molar-refractivity contribution is 7.80. The van der Waals surface area contributed by atoms with Crippen LogP contribution in [0.3, 0.4) is 0 Å². The van der Waals surface area contributed by atoms with Gasteiger partial charge in [-0.05, 0) is 18.1 Å². The molecule has 0 spiro atoms. The normalized spacial score (nSPS) is 27.8. The summed E-state index contributed by atoms with van der Waals surface area (Å²) in [7, 11) is 1.72. The molecule has 0 aromatic rings. The number of piperidine rings is 1. The van der Waals surface area contributed by atoms with E-state index in [-0.39, 0.29) is 12.0 Å². The van der Waals surface area contributed by atoms with Crippen LogP contribution in [0.15, 0.2) is 0 Å². The minimum atomic E-state index is 0.201. The summed E-state index contributed by atoms with van der Waals surface area (Å²) in [5.74, 6) is 1.39. The molecule has 0 N–H and O–H groups in total. The molecule has 0 aliphatic carbocycles. The zero-order valence-electron chi connectivity index (χ0n) is 8.90. The Kier molecular flexibility index (Phi) is 4.75. The zero-order chi connectivity index (χ0) is 10.6. The van der Waals surface area contributed by atoms with Crippen molar-refractivity contribution in [3.05, 3.63) is 0 Å². The molecule has 0 bridgehead atoms. The van der Waals surface area contributed by atoms with Gasteiger partial charge in [0.15, 0.2) is 0 Å². The fourth-order valence-corrected chi connectivity index (χ4v) is 2.01. The van der Waals surface area contributed by atoms with Crippen molar-refractivity contribution in [2.45, 2.75) is 25.9 Å². The Morgan fingerprint density at radius 1 is 1.64 bits per heavy atom. The number of carbonyl (C=O) groups excluding carboxylic acids is 1. The van der Waals surface area contributed by atoms with Crippen molar-refractivity contribution in [3.8, 4) is 0 Å². The Balaban J connectivity index is 2.45. The quantitative estimate of drug-likeness (QED) is 0.720. The van der Waals surface area contributed by atoms with Crippen LogP contribution in [-0.2, 0) is 9.53 Å². The molecule has 0 aromatic heterocycles. The SMILES string of the molecule is COC1CN(C(=O)CCS)CCC1C. The zero-order valence-corrected chi connectivity index (χ0v) is 9.80. The number of hydrogen-bond acceptors (Lipinski definition) is 3. The molecule has 0 saturated carbocycles. The van der Waals surface area contributed by atoms with Gasteiger partial charge < -0.3 is 9.64 Å². The molecule has 0 radical (unpaired) electrons. The average molecular weight is 217 g/mol. The molecule has 0 aromatic carbocycles. The van der Waals surface area contributed by atoms with Crippen molar-refractivity contribution >= 4 is 18.5 Å². The smallest absolute Gasteiger partial charge is 0.223 e. The van der Waals surface area contributed by atoms with Crippen molar-refractivity contribution < 1.29 is 9.53 Å². The van der Waals surface area contributed by atoms with Gasteiger partial charge in [-0.25, -0.2) is 0 Å². The molecular formula is C10H19NO2S. The lowest BCUT2D eigenvalue weighted by molar-refractivity contribution is -0.135. The van der Waals surface area contributed by atoms with E-state index in [1.807, 2.05) is 4.90 Å². The molecule has 3 nitrogen and oxygen atoms in total. The van der Waals surface area contributed by atoms with Crippen LogP contribution in [-0.4, -0.2) is 42.9 Å². The fraction of sp³-hybridized carbons (Fsp3) is 0.900. The lowest BCUT2D eigenvalue weighted by Crippen LogP contribution is -2.46. The van der Waals surface area contributed by atoms with Gasteiger partial charge in [-0.15, -0.1) is 0 Å². The monoisotopic (exact) mass is 217 g/mol. The van der Waals surface area contributed by atoms with Crippen molar-refractivity contribution in [2.24, 2.45) is 5.92 Å². The van der Waals surface area contributed by atoms with Gasteiger partial charge in [0, 0.05) is 26.6 Å². The predicted molar refractivity (Wildman–Crippen MR) is 59.6 cm³/mol. The lowest BCUT2D eigenvalue weighted by atomic mass is 9.95. The van der Waals surface area contributed by atoms with E-state index in [9.17, 15) is 4.79 Å². The maximum atomic E-state index is 11.6. The number of amides is 1. The van der Waals surface area contributed by atoms with Crippen LogP contribution in [0.2, 0.25) is 0 Å². The van der Waals surface area contributed by atoms with Crippen LogP contribution in [0.1, 0.15) is 19.8 Å². The second-order valence-corrected chi connectivity index (χ2v) is 4.30. The molecular weight excluding hydrogens is 198 g/mol. The molecule has 1 aliphatic rings. The first-order chi connectivity index (χ1) is 6.69. The second-order valence-electron chi connectivity index (χ2n) is 3.85. The van der Waals surface area contributed by atoms with Gasteiger partial charge in [0.2, 0.25) is 5.91 Å². The highest BCUT2D eigenvalue weighted by atomic mass is 32.1. The topological polar surface area (TPSA) is 29.5 Å². The highest BCUT2D eigenvalue weighted by Gasteiger charge is 2.28. The van der Waals surface area contributed by atoms with E-state index in [4.69, 9.17) is 4.74 Å². The third-order valence-corrected chi connectivity index (χ3v) is 3.09. The number of methoxy groups -OCH3 is 1. The summed E-state index contributed by atoms with van der Waals surface area (Å²) < 4.78 is 5.35. The number of rotatable bonds is 3. The molecule has 2 atom stereocenters. The summed E-state index contributed by atoms with van der Waals surface area (Å²) in [5, 5.41) is 0. The minimum absolute atomic E-state index is 0.201. The molecule has 2 unspecified atom stereocenters. The maximum Gasteiger partial charge on any atom is 0.223 e. The number of hydrogen-bond donors (Lipinski definition) is 1. The maximum absolute atomic E-state index is 11.6. The molecule has 1 heterocycles. The Hall–Kier alpha value is -0.220. The van der Waals surface area contributed by atoms with E-state index in [0.717, 1.165) is 19.5 Å². The molecule has 1 rings (SSSR count). The number of thiol groups is 1. The molecule has 4 heteroatoms. The van der Waals surface area contributed by atoms with Gasteiger partial charge in [0.05, 0.1) is 6.10 Å². The first-order valence-corrected chi connectivity index (χ1v) is 5.73. The van der Waals surface area contributed by atoms with E-state index in [0.29, 0.717) is 18.1 Å². The number of carbonyl (C=O) groups is 1. The van der Waals surface area contributed by atoms with Crippen molar-refractivity contribution in [1.82, 2.24) is 4.90 Å². The van der Waals surface area contributed by atoms with E-state index < -0.39 is 0 Å². The van der Waals surface area contributed by atoms with E-state index in [1.54, 1.807) is 7.11 Å². The first kappa shape index (κ1) is 11.9. The van der Waals surface area contributed by atoms with Crippen LogP contribution < -0.4 is 0 Å². The number of likely N-dealkylation sites (tertiary alicyclic amines) is 1. The van der Waals surface area contributed by atoms with Gasteiger partial charge in [0.25, 0.3) is 0 Å². The third-order valence-electron chi connectivity index (χ3n) is 2.87. The van der Waals surface area contributed by atoms with Crippen molar-refractivity contribution in [1.29, 1.82) is 0 Å². The summed E-state index contributed by atoms with van der Waals surface area (Å²) in [6.45, 7) is 3.78. The van der Waals surface area contributed by atoms with E-state index in [1.165, 1.54) is 0 Å². The van der Waals surface area contributed by atoms with Gasteiger partial charge in [0.1, 0.15) is 0 Å². The van der Waals surface area contributed by atoms with Gasteiger partial charge >= 0.3 is 0 Å². The van der Waals surface area contributed by atoms with E-state index in [2.05, 4.69) is 19.6 Å². The Labute approximate surface area is 91.2 Å². The largest absolute Gasteiger partial charge is 0.379 e. The lowest BCUT2D eigenvalue weighted by Gasteiger charge is -2.36. The van der Waals surface area contributed by atoms with Crippen LogP contribution in [0.25, 0.3) is 0 Å². The van der Waals surface area contributed by atoms with Crippen LogP contribution in [0.5, 0.6) is 0 Å².